The van der Waals surface area contributed by atoms with Crippen molar-refractivity contribution in [2.24, 2.45) is 0 Å². The first-order valence-electron chi connectivity index (χ1n) is 12.5. The number of piperidine rings is 1. The van der Waals surface area contributed by atoms with Gasteiger partial charge in [-0.3, -0.25) is 9.59 Å². The molecule has 1 saturated carbocycles. The van der Waals surface area contributed by atoms with Gasteiger partial charge in [0.2, 0.25) is 5.91 Å². The average molecular weight is 536 g/mol. The Morgan fingerprint density at radius 1 is 1.05 bits per heavy atom. The normalized spacial score (nSPS) is 20.3. The number of likely N-dealkylation sites (tertiary alicyclic amines) is 1. The van der Waals surface area contributed by atoms with Crippen LogP contribution in [0.15, 0.2) is 48.5 Å². The molecule has 0 aromatic heterocycles. The van der Waals surface area contributed by atoms with E-state index < -0.39 is 23.7 Å². The molecule has 10 heteroatoms. The van der Waals surface area contributed by atoms with E-state index in [2.05, 4.69) is 22.8 Å². The zero-order chi connectivity index (χ0) is 26.4. The quantitative estimate of drug-likeness (QED) is 0.342. The van der Waals surface area contributed by atoms with E-state index >= 15 is 0 Å². The number of ether oxygens (including phenoxy) is 1. The molecule has 1 unspecified atom stereocenters. The molecule has 2 aromatic rings. The lowest BCUT2D eigenvalue weighted by Gasteiger charge is -2.30. The Balaban J connectivity index is 1.31. The van der Waals surface area contributed by atoms with E-state index in [0.717, 1.165) is 55.7 Å². The Bertz CT molecular complexity index is 1060. The number of rotatable bonds is 10. The Morgan fingerprint density at radius 2 is 1.73 bits per heavy atom. The van der Waals surface area contributed by atoms with Crippen LogP contribution in [0.3, 0.4) is 0 Å². The fraction of sp³-hybridized carbons (Fsp3) is 0.481. The second-order valence-electron chi connectivity index (χ2n) is 9.43. The van der Waals surface area contributed by atoms with Crippen LogP contribution >= 0.6 is 11.8 Å². The SMILES string of the molecule is COc1ccc([C@@H]2CC2NCSC[C@H](NC(=O)c2ccc(C(F)(F)F)cc2)C(=O)N2CCCCC2)cc1. The number of carbonyl (C=O) groups excluding carboxylic acids is 2. The number of thioether (sulfide) groups is 1. The van der Waals surface area contributed by atoms with Crippen LogP contribution in [-0.4, -0.2) is 60.6 Å². The minimum atomic E-state index is -4.47. The molecular weight excluding hydrogens is 503 g/mol. The third-order valence-electron chi connectivity index (χ3n) is 6.81. The van der Waals surface area contributed by atoms with E-state index in [1.807, 2.05) is 12.1 Å². The molecule has 37 heavy (non-hydrogen) atoms. The number of carbonyl (C=O) groups is 2. The Kier molecular flexibility index (Phi) is 9.02. The van der Waals surface area contributed by atoms with Gasteiger partial charge in [-0.2, -0.15) is 13.2 Å². The number of amides is 2. The van der Waals surface area contributed by atoms with Gasteiger partial charge < -0.3 is 20.3 Å². The number of hydrogen-bond acceptors (Lipinski definition) is 5. The molecule has 4 rings (SSSR count). The summed E-state index contributed by atoms with van der Waals surface area (Å²) in [5, 5.41) is 6.27. The standard InChI is InChI=1S/C27H32F3N3O3S/c1-36-21-11-7-18(8-12-21)22-15-23(22)31-17-37-16-24(26(35)33-13-3-2-4-14-33)32-25(34)19-5-9-20(10-6-19)27(28,29)30/h5-12,22-24,31H,2-4,13-17H2,1H3,(H,32,34)/t22-,23?,24-/m0/s1. The fourth-order valence-corrected chi connectivity index (χ4v) is 5.46. The average Bonchev–Trinajstić information content (AvgIpc) is 3.69. The molecule has 0 bridgehead atoms. The molecule has 2 aliphatic rings. The van der Waals surface area contributed by atoms with E-state index in [-0.39, 0.29) is 11.5 Å². The zero-order valence-corrected chi connectivity index (χ0v) is 21.5. The lowest BCUT2D eigenvalue weighted by Crippen LogP contribution is -2.51. The topological polar surface area (TPSA) is 70.7 Å². The number of nitrogens with one attached hydrogen (secondary N) is 2. The van der Waals surface area contributed by atoms with Gasteiger partial charge >= 0.3 is 6.18 Å². The molecule has 1 aliphatic carbocycles. The van der Waals surface area contributed by atoms with Gasteiger partial charge in [0.1, 0.15) is 11.8 Å². The summed E-state index contributed by atoms with van der Waals surface area (Å²) in [4.78, 5) is 27.8. The highest BCUT2D eigenvalue weighted by Gasteiger charge is 2.38. The van der Waals surface area contributed by atoms with Crippen molar-refractivity contribution in [1.29, 1.82) is 0 Å². The van der Waals surface area contributed by atoms with Crippen molar-refractivity contribution in [3.63, 3.8) is 0 Å². The number of hydrogen-bond donors (Lipinski definition) is 2. The number of benzene rings is 2. The van der Waals surface area contributed by atoms with Gasteiger partial charge in [-0.05, 0) is 67.6 Å². The number of halogens is 3. The highest BCUT2D eigenvalue weighted by Crippen LogP contribution is 2.41. The van der Waals surface area contributed by atoms with E-state index in [9.17, 15) is 22.8 Å². The second kappa shape index (κ2) is 12.2. The van der Waals surface area contributed by atoms with Crippen molar-refractivity contribution in [2.75, 3.05) is 31.8 Å². The molecular formula is C27H32F3N3O3S. The maximum atomic E-state index is 13.2. The summed E-state index contributed by atoms with van der Waals surface area (Å²) in [5.41, 5.74) is 0.526. The molecule has 1 saturated heterocycles. The predicted molar refractivity (Wildman–Crippen MR) is 138 cm³/mol. The first-order valence-corrected chi connectivity index (χ1v) is 13.6. The molecule has 2 N–H and O–H groups in total. The first kappa shape index (κ1) is 27.3. The predicted octanol–water partition coefficient (Wildman–Crippen LogP) is 4.66. The molecule has 0 spiro atoms. The molecule has 3 atom stereocenters. The summed E-state index contributed by atoms with van der Waals surface area (Å²) in [6, 6.07) is 11.7. The van der Waals surface area contributed by atoms with Gasteiger partial charge in [0.15, 0.2) is 0 Å². The van der Waals surface area contributed by atoms with Gasteiger partial charge in [0, 0.05) is 42.2 Å². The van der Waals surface area contributed by atoms with Crippen molar-refractivity contribution in [3.8, 4) is 5.75 Å². The lowest BCUT2D eigenvalue weighted by atomic mass is 10.1. The van der Waals surface area contributed by atoms with Gasteiger partial charge in [0.05, 0.1) is 12.7 Å². The number of nitrogens with zero attached hydrogens (tertiary/aromatic N) is 1. The maximum absolute atomic E-state index is 13.2. The number of alkyl halides is 3. The van der Waals surface area contributed by atoms with E-state index in [0.29, 0.717) is 36.7 Å². The van der Waals surface area contributed by atoms with Crippen LogP contribution < -0.4 is 15.4 Å². The van der Waals surface area contributed by atoms with Crippen molar-refractivity contribution in [1.82, 2.24) is 15.5 Å². The summed E-state index contributed by atoms with van der Waals surface area (Å²) in [5.74, 6) is 1.56. The summed E-state index contributed by atoms with van der Waals surface area (Å²) < 4.78 is 43.8. The van der Waals surface area contributed by atoms with Gasteiger partial charge in [0.25, 0.3) is 5.91 Å². The van der Waals surface area contributed by atoms with Crippen molar-refractivity contribution in [2.45, 2.75) is 49.9 Å². The van der Waals surface area contributed by atoms with Gasteiger partial charge in [-0.25, -0.2) is 0 Å². The van der Waals surface area contributed by atoms with Gasteiger partial charge in [-0.15, -0.1) is 11.8 Å². The van der Waals surface area contributed by atoms with Crippen LogP contribution in [0.5, 0.6) is 5.75 Å². The van der Waals surface area contributed by atoms with Crippen LogP contribution in [-0.2, 0) is 11.0 Å². The van der Waals surface area contributed by atoms with Crippen molar-refractivity contribution < 1.29 is 27.5 Å². The Morgan fingerprint density at radius 3 is 2.35 bits per heavy atom. The lowest BCUT2D eigenvalue weighted by molar-refractivity contribution is -0.137. The third-order valence-corrected chi connectivity index (χ3v) is 7.75. The summed E-state index contributed by atoms with van der Waals surface area (Å²) in [6.07, 6.45) is -0.516. The molecule has 6 nitrogen and oxygen atoms in total. The highest BCUT2D eigenvalue weighted by atomic mass is 32.2. The third kappa shape index (κ3) is 7.41. The van der Waals surface area contributed by atoms with Crippen LogP contribution in [0.1, 0.15) is 53.1 Å². The van der Waals surface area contributed by atoms with E-state index in [4.69, 9.17) is 4.74 Å². The highest BCUT2D eigenvalue weighted by molar-refractivity contribution is 7.99. The van der Waals surface area contributed by atoms with Crippen molar-refractivity contribution in [3.05, 3.63) is 65.2 Å². The first-order chi connectivity index (χ1) is 17.8. The monoisotopic (exact) mass is 535 g/mol. The second-order valence-corrected chi connectivity index (χ2v) is 10.5. The fourth-order valence-electron chi connectivity index (χ4n) is 4.54. The van der Waals surface area contributed by atoms with Gasteiger partial charge in [-0.1, -0.05) is 12.1 Å². The molecule has 2 amide bonds. The van der Waals surface area contributed by atoms with E-state index in [1.165, 1.54) is 17.3 Å². The molecule has 200 valence electrons. The Labute approximate surface area is 219 Å². The van der Waals surface area contributed by atoms with Crippen LogP contribution in [0, 0.1) is 0 Å². The van der Waals surface area contributed by atoms with E-state index in [1.54, 1.807) is 12.0 Å². The van der Waals surface area contributed by atoms with Crippen molar-refractivity contribution >= 4 is 23.6 Å². The summed E-state index contributed by atoms with van der Waals surface area (Å²) >= 11 is 1.53. The minimum Gasteiger partial charge on any atom is -0.497 e. The Hall–Kier alpha value is -2.72. The molecule has 1 aliphatic heterocycles. The van der Waals surface area contributed by atoms with Crippen LogP contribution in [0.25, 0.3) is 0 Å². The zero-order valence-electron chi connectivity index (χ0n) is 20.7. The van der Waals surface area contributed by atoms with Crippen LogP contribution in [0.4, 0.5) is 13.2 Å². The summed E-state index contributed by atoms with van der Waals surface area (Å²) in [7, 11) is 1.64. The maximum Gasteiger partial charge on any atom is 0.416 e. The molecule has 2 aromatic carbocycles. The molecule has 0 radical (unpaired) electrons. The summed E-state index contributed by atoms with van der Waals surface area (Å²) in [6.45, 7) is 1.31. The molecule has 2 fully saturated rings. The molecule has 1 heterocycles. The largest absolute Gasteiger partial charge is 0.497 e. The van der Waals surface area contributed by atoms with Crippen LogP contribution in [0.2, 0.25) is 0 Å². The smallest absolute Gasteiger partial charge is 0.416 e. The minimum absolute atomic E-state index is 0.0906. The number of methoxy groups -OCH3 is 1.